The van der Waals surface area contributed by atoms with E-state index in [-0.39, 0.29) is 0 Å². The molecule has 0 spiro atoms. The molecule has 2 rings (SSSR count). The highest BCUT2D eigenvalue weighted by atomic mass is 32.1. The van der Waals surface area contributed by atoms with E-state index in [4.69, 9.17) is 0 Å². The van der Waals surface area contributed by atoms with Crippen LogP contribution in [0.2, 0.25) is 0 Å². The van der Waals surface area contributed by atoms with Crippen LogP contribution in [0.25, 0.3) is 11.0 Å². The fourth-order valence-electron chi connectivity index (χ4n) is 1.60. The fraction of sp³-hybridized carbons (Fsp3) is 0.364. The number of aryl methyl sites for hydroxylation is 1. The van der Waals surface area contributed by atoms with Crippen LogP contribution >= 0.6 is 12.6 Å². The molecule has 4 heteroatoms. The summed E-state index contributed by atoms with van der Waals surface area (Å²) in [7, 11) is 2.01. The smallest absolute Gasteiger partial charge is 0.0955 e. The van der Waals surface area contributed by atoms with Crippen molar-refractivity contribution in [3.63, 3.8) is 0 Å². The maximum atomic E-state index is 4.33. The molecule has 1 aromatic carbocycles. The summed E-state index contributed by atoms with van der Waals surface area (Å²) in [4.78, 5) is 4.33. The first-order valence-corrected chi connectivity index (χ1v) is 5.66. The number of hydrogen-bond donors (Lipinski definition) is 2. The van der Waals surface area contributed by atoms with Crippen LogP contribution in [0, 0.1) is 0 Å². The second-order valence-electron chi connectivity index (χ2n) is 3.58. The van der Waals surface area contributed by atoms with E-state index in [9.17, 15) is 0 Å². The third-order valence-electron chi connectivity index (χ3n) is 2.41. The van der Waals surface area contributed by atoms with Crippen LogP contribution in [0.4, 0.5) is 0 Å². The minimum Gasteiger partial charge on any atom is -0.334 e. The molecule has 0 radical (unpaired) electrons. The average molecular weight is 221 g/mol. The Hall–Kier alpha value is -1.00. The van der Waals surface area contributed by atoms with Crippen molar-refractivity contribution >= 4 is 23.7 Å². The molecule has 1 N–H and O–H groups in total. The van der Waals surface area contributed by atoms with Gasteiger partial charge in [-0.15, -0.1) is 0 Å². The highest BCUT2D eigenvalue weighted by Gasteiger charge is 2.00. The molecule has 0 amide bonds. The fourth-order valence-corrected chi connectivity index (χ4v) is 1.76. The van der Waals surface area contributed by atoms with E-state index in [1.165, 1.54) is 11.1 Å². The number of fused-ring (bicyclic) bond motifs is 1. The van der Waals surface area contributed by atoms with Crippen molar-refractivity contribution in [2.45, 2.75) is 6.54 Å². The molecule has 1 aromatic heterocycles. The Morgan fingerprint density at radius 3 is 3.13 bits per heavy atom. The lowest BCUT2D eigenvalue weighted by atomic mass is 10.2. The summed E-state index contributed by atoms with van der Waals surface area (Å²) in [6, 6.07) is 6.37. The van der Waals surface area contributed by atoms with Gasteiger partial charge in [0, 0.05) is 25.9 Å². The van der Waals surface area contributed by atoms with Gasteiger partial charge in [0.15, 0.2) is 0 Å². The molecular formula is C11H15N3S. The van der Waals surface area contributed by atoms with Gasteiger partial charge < -0.3 is 9.88 Å². The van der Waals surface area contributed by atoms with Gasteiger partial charge >= 0.3 is 0 Å². The number of nitrogens with one attached hydrogen (secondary N) is 1. The summed E-state index contributed by atoms with van der Waals surface area (Å²) in [5.41, 5.74) is 3.50. The third-order valence-corrected chi connectivity index (χ3v) is 2.63. The van der Waals surface area contributed by atoms with Crippen molar-refractivity contribution in [1.29, 1.82) is 0 Å². The molecule has 0 unspecified atom stereocenters. The molecule has 0 aliphatic carbocycles. The second-order valence-corrected chi connectivity index (χ2v) is 4.03. The molecule has 0 aliphatic rings. The Morgan fingerprint density at radius 1 is 1.47 bits per heavy atom. The third kappa shape index (κ3) is 2.33. The molecule has 0 bridgehead atoms. The zero-order valence-electron chi connectivity index (χ0n) is 8.77. The van der Waals surface area contributed by atoms with Crippen molar-refractivity contribution < 1.29 is 0 Å². The average Bonchev–Trinajstić information content (AvgIpc) is 2.61. The van der Waals surface area contributed by atoms with Crippen LogP contribution in [0.1, 0.15) is 5.56 Å². The number of thiol groups is 1. The number of rotatable bonds is 4. The number of imidazole rings is 1. The molecule has 15 heavy (non-hydrogen) atoms. The molecule has 0 fully saturated rings. The maximum absolute atomic E-state index is 4.33. The summed E-state index contributed by atoms with van der Waals surface area (Å²) in [5, 5.41) is 3.31. The lowest BCUT2D eigenvalue weighted by molar-refractivity contribution is 0.733. The van der Waals surface area contributed by atoms with E-state index >= 15 is 0 Å². The van der Waals surface area contributed by atoms with Gasteiger partial charge in [0.25, 0.3) is 0 Å². The first-order chi connectivity index (χ1) is 7.31. The number of aromatic nitrogens is 2. The van der Waals surface area contributed by atoms with Gasteiger partial charge in [-0.1, -0.05) is 6.07 Å². The normalized spacial score (nSPS) is 11.1. The SMILES string of the molecule is Cn1cnc2cc(CNCCS)ccc21. The number of benzene rings is 1. The minimum atomic E-state index is 0.867. The van der Waals surface area contributed by atoms with Crippen molar-refractivity contribution in [3.8, 4) is 0 Å². The Morgan fingerprint density at radius 2 is 2.33 bits per heavy atom. The minimum absolute atomic E-state index is 0.867. The van der Waals surface area contributed by atoms with E-state index < -0.39 is 0 Å². The van der Waals surface area contributed by atoms with Crippen LogP contribution in [0.3, 0.4) is 0 Å². The Balaban J connectivity index is 2.16. The number of hydrogen-bond acceptors (Lipinski definition) is 3. The van der Waals surface area contributed by atoms with Crippen molar-refractivity contribution in [1.82, 2.24) is 14.9 Å². The quantitative estimate of drug-likeness (QED) is 0.606. The highest BCUT2D eigenvalue weighted by molar-refractivity contribution is 7.80. The second kappa shape index (κ2) is 4.68. The summed E-state index contributed by atoms with van der Waals surface area (Å²) < 4.78 is 2.03. The van der Waals surface area contributed by atoms with Crippen LogP contribution in [0.15, 0.2) is 24.5 Å². The van der Waals surface area contributed by atoms with Crippen molar-refractivity contribution in [2.75, 3.05) is 12.3 Å². The van der Waals surface area contributed by atoms with Crippen molar-refractivity contribution in [2.24, 2.45) is 7.05 Å². The van der Waals surface area contributed by atoms with E-state index in [1.807, 2.05) is 17.9 Å². The predicted octanol–water partition coefficient (Wildman–Crippen LogP) is 1.59. The number of nitrogens with zero attached hydrogens (tertiary/aromatic N) is 2. The molecule has 80 valence electrons. The van der Waals surface area contributed by atoms with Crippen molar-refractivity contribution in [3.05, 3.63) is 30.1 Å². The van der Waals surface area contributed by atoms with Crippen LogP contribution < -0.4 is 5.32 Å². The van der Waals surface area contributed by atoms with E-state index in [0.29, 0.717) is 0 Å². The van der Waals surface area contributed by atoms with Crippen LogP contribution in [-0.4, -0.2) is 21.8 Å². The summed E-state index contributed by atoms with van der Waals surface area (Å²) in [5.74, 6) is 0.867. The highest BCUT2D eigenvalue weighted by Crippen LogP contribution is 2.13. The molecule has 1 heterocycles. The zero-order chi connectivity index (χ0) is 10.7. The van der Waals surface area contributed by atoms with Crippen LogP contribution in [0.5, 0.6) is 0 Å². The molecule has 0 saturated heterocycles. The topological polar surface area (TPSA) is 29.9 Å². The predicted molar refractivity (Wildman–Crippen MR) is 66.3 cm³/mol. The van der Waals surface area contributed by atoms with Gasteiger partial charge in [-0.2, -0.15) is 12.6 Å². The summed E-state index contributed by atoms with van der Waals surface area (Å²) in [6.45, 7) is 1.82. The lowest BCUT2D eigenvalue weighted by Crippen LogP contribution is -2.15. The summed E-state index contributed by atoms with van der Waals surface area (Å²) in [6.07, 6.45) is 1.84. The Bertz CT molecular complexity index is 450. The first kappa shape index (κ1) is 10.5. The summed E-state index contributed by atoms with van der Waals surface area (Å²) >= 11 is 4.15. The van der Waals surface area contributed by atoms with Gasteiger partial charge in [-0.25, -0.2) is 4.98 Å². The maximum Gasteiger partial charge on any atom is 0.0955 e. The molecule has 3 nitrogen and oxygen atoms in total. The molecule has 0 aliphatic heterocycles. The van der Waals surface area contributed by atoms with E-state index in [1.54, 1.807) is 0 Å². The van der Waals surface area contributed by atoms with Gasteiger partial charge in [0.2, 0.25) is 0 Å². The molecule has 0 saturated carbocycles. The van der Waals surface area contributed by atoms with Crippen LogP contribution in [-0.2, 0) is 13.6 Å². The van der Waals surface area contributed by atoms with E-state index in [2.05, 4.69) is 41.1 Å². The van der Waals surface area contributed by atoms with Gasteiger partial charge in [0.1, 0.15) is 0 Å². The van der Waals surface area contributed by atoms with E-state index in [0.717, 1.165) is 24.4 Å². The monoisotopic (exact) mass is 221 g/mol. The standard InChI is InChI=1S/C11H15N3S/c1-14-8-13-10-6-9(2-3-11(10)14)7-12-4-5-15/h2-3,6,8,12,15H,4-5,7H2,1H3. The molecule has 0 atom stereocenters. The zero-order valence-corrected chi connectivity index (χ0v) is 9.67. The Kier molecular flexibility index (Phi) is 3.28. The first-order valence-electron chi connectivity index (χ1n) is 5.03. The lowest BCUT2D eigenvalue weighted by Gasteiger charge is -2.03. The van der Waals surface area contributed by atoms with Gasteiger partial charge in [-0.05, 0) is 17.7 Å². The largest absolute Gasteiger partial charge is 0.334 e. The molecule has 2 aromatic rings. The van der Waals surface area contributed by atoms with Gasteiger partial charge in [-0.3, -0.25) is 0 Å². The molecular weight excluding hydrogens is 206 g/mol. The van der Waals surface area contributed by atoms with Gasteiger partial charge in [0.05, 0.1) is 17.4 Å². The Labute approximate surface area is 94.9 Å².